The van der Waals surface area contributed by atoms with Crippen LogP contribution in [0.3, 0.4) is 0 Å². The van der Waals surface area contributed by atoms with Gasteiger partial charge in [0.25, 0.3) is 0 Å². The molecule has 1 N–H and O–H groups in total. The highest BCUT2D eigenvalue weighted by atomic mass is 32.2. The van der Waals surface area contributed by atoms with Crippen LogP contribution in [0.25, 0.3) is 11.5 Å². The Labute approximate surface area is 208 Å². The Hall–Kier alpha value is -2.96. The molecule has 0 saturated heterocycles. The molecule has 1 aliphatic rings. The number of thioether (sulfide) groups is 1. The molecule has 3 heterocycles. The number of pyridine rings is 1. The van der Waals surface area contributed by atoms with Gasteiger partial charge in [-0.1, -0.05) is 44.7 Å². The van der Waals surface area contributed by atoms with Gasteiger partial charge in [-0.3, -0.25) is 14.3 Å². The van der Waals surface area contributed by atoms with E-state index in [4.69, 9.17) is 0 Å². The predicted octanol–water partition coefficient (Wildman–Crippen LogP) is 5.34. The van der Waals surface area contributed by atoms with E-state index >= 15 is 0 Å². The van der Waals surface area contributed by atoms with Crippen LogP contribution in [-0.4, -0.2) is 31.4 Å². The number of hydrogen-bond donors (Lipinski definition) is 1. The van der Waals surface area contributed by atoms with Gasteiger partial charge >= 0.3 is 0 Å². The van der Waals surface area contributed by atoms with Crippen LogP contribution < -0.4 is 5.32 Å². The van der Waals surface area contributed by atoms with Crippen molar-refractivity contribution in [2.45, 2.75) is 51.7 Å². The lowest BCUT2D eigenvalue weighted by molar-refractivity contribution is -0.113. The molecule has 0 radical (unpaired) electrons. The van der Waals surface area contributed by atoms with E-state index in [1.165, 1.54) is 16.6 Å². The van der Waals surface area contributed by atoms with Crippen LogP contribution in [0.1, 0.15) is 43.2 Å². The van der Waals surface area contributed by atoms with Crippen LogP contribution in [0.4, 0.5) is 5.00 Å². The number of nitriles is 1. The number of amides is 1. The van der Waals surface area contributed by atoms with E-state index in [1.807, 2.05) is 22.8 Å². The number of rotatable bonds is 7. The van der Waals surface area contributed by atoms with E-state index in [9.17, 15) is 10.1 Å². The fraction of sp³-hybridized carbons (Fsp3) is 0.400. The van der Waals surface area contributed by atoms with Crippen LogP contribution in [0.5, 0.6) is 0 Å². The number of nitrogens with one attached hydrogen (secondary N) is 1. The Kier molecular flexibility index (Phi) is 7.19. The van der Waals surface area contributed by atoms with Crippen LogP contribution in [0.2, 0.25) is 0 Å². The molecule has 1 aliphatic carbocycles. The van der Waals surface area contributed by atoms with Crippen molar-refractivity contribution < 1.29 is 4.79 Å². The van der Waals surface area contributed by atoms with Crippen molar-refractivity contribution in [3.63, 3.8) is 0 Å². The highest BCUT2D eigenvalue weighted by molar-refractivity contribution is 7.99. The maximum Gasteiger partial charge on any atom is 0.235 e. The Morgan fingerprint density at radius 2 is 2.24 bits per heavy atom. The lowest BCUT2D eigenvalue weighted by Crippen LogP contribution is -2.26. The molecular weight excluding hydrogens is 464 g/mol. The molecule has 9 heteroatoms. The first-order valence-corrected chi connectivity index (χ1v) is 13.0. The Bertz CT molecular complexity index is 1230. The highest BCUT2D eigenvalue weighted by Gasteiger charge is 2.32. The first-order chi connectivity index (χ1) is 16.3. The molecule has 4 rings (SSSR count). The first kappa shape index (κ1) is 24.2. The molecule has 3 aromatic rings. The summed E-state index contributed by atoms with van der Waals surface area (Å²) in [4.78, 5) is 18.4. The third-order valence-electron chi connectivity index (χ3n) is 6.11. The monoisotopic (exact) mass is 492 g/mol. The van der Waals surface area contributed by atoms with Crippen molar-refractivity contribution in [1.29, 1.82) is 5.26 Å². The Balaban J connectivity index is 1.47. The second-order valence-corrected chi connectivity index (χ2v) is 11.4. The van der Waals surface area contributed by atoms with Gasteiger partial charge in [0.05, 0.1) is 11.3 Å². The van der Waals surface area contributed by atoms with Gasteiger partial charge in [0.2, 0.25) is 5.91 Å². The molecule has 34 heavy (non-hydrogen) atoms. The Morgan fingerprint density at radius 1 is 1.41 bits per heavy atom. The third-order valence-corrected chi connectivity index (χ3v) is 8.25. The Morgan fingerprint density at radius 3 is 2.91 bits per heavy atom. The maximum atomic E-state index is 12.8. The molecule has 0 saturated carbocycles. The summed E-state index contributed by atoms with van der Waals surface area (Å²) in [5.41, 5.74) is 2.67. The number of carbonyl (C=O) groups is 1. The van der Waals surface area contributed by atoms with Gasteiger partial charge in [0, 0.05) is 17.6 Å². The number of allylic oxidation sites excluding steroid dienone is 1. The van der Waals surface area contributed by atoms with Crippen molar-refractivity contribution in [3.8, 4) is 17.6 Å². The van der Waals surface area contributed by atoms with Crippen molar-refractivity contribution in [3.05, 3.63) is 53.1 Å². The van der Waals surface area contributed by atoms with E-state index in [-0.39, 0.29) is 17.1 Å². The number of nitrogens with zero attached hydrogens (tertiary/aromatic N) is 5. The number of thiophene rings is 1. The zero-order valence-electron chi connectivity index (χ0n) is 19.7. The van der Waals surface area contributed by atoms with Crippen LogP contribution >= 0.6 is 23.1 Å². The van der Waals surface area contributed by atoms with E-state index in [1.54, 1.807) is 23.6 Å². The summed E-state index contributed by atoms with van der Waals surface area (Å²) in [6.45, 7) is 11.1. The van der Waals surface area contributed by atoms with Gasteiger partial charge in [0.15, 0.2) is 11.0 Å². The standard InChI is InChI=1S/C25H28N6OS2/c1-5-12-31-22(19-8-6-7-11-27-19)29-30-24(31)33-15-21(32)28-23-18(14-26)17-10-9-16(25(2,3)4)13-20(17)34-23/h5-8,11,16H,1,9-10,12-13,15H2,2-4H3,(H,28,32). The summed E-state index contributed by atoms with van der Waals surface area (Å²) in [6.07, 6.45) is 6.40. The fourth-order valence-corrected chi connectivity index (χ4v) is 6.24. The summed E-state index contributed by atoms with van der Waals surface area (Å²) >= 11 is 2.86. The summed E-state index contributed by atoms with van der Waals surface area (Å²) < 4.78 is 1.89. The van der Waals surface area contributed by atoms with Crippen LogP contribution in [-0.2, 0) is 24.2 Å². The van der Waals surface area contributed by atoms with Gasteiger partial charge in [-0.15, -0.1) is 28.1 Å². The van der Waals surface area contributed by atoms with Gasteiger partial charge in [-0.25, -0.2) is 0 Å². The summed E-state index contributed by atoms with van der Waals surface area (Å²) in [5.74, 6) is 1.21. The number of fused-ring (bicyclic) bond motifs is 1. The minimum Gasteiger partial charge on any atom is -0.316 e. The SMILES string of the molecule is C=CCn1c(SCC(=O)Nc2sc3c(c2C#N)CCC(C(C)(C)C)C3)nnc1-c1ccccn1. The largest absolute Gasteiger partial charge is 0.316 e. The number of anilines is 1. The molecule has 1 amide bonds. The van der Waals surface area contributed by atoms with Gasteiger partial charge in [-0.05, 0) is 48.3 Å². The molecule has 0 bridgehead atoms. The molecule has 3 aromatic heterocycles. The molecule has 0 spiro atoms. The zero-order valence-corrected chi connectivity index (χ0v) is 21.3. The normalized spacial score (nSPS) is 15.4. The number of carbonyl (C=O) groups excluding carboxylic acids is 1. The second-order valence-electron chi connectivity index (χ2n) is 9.38. The molecular formula is C25H28N6OS2. The smallest absolute Gasteiger partial charge is 0.235 e. The van der Waals surface area contributed by atoms with Crippen molar-refractivity contribution in [2.24, 2.45) is 11.3 Å². The minimum atomic E-state index is -0.167. The van der Waals surface area contributed by atoms with Crippen molar-refractivity contribution >= 4 is 34.0 Å². The van der Waals surface area contributed by atoms with E-state index in [0.717, 1.165) is 24.8 Å². The van der Waals surface area contributed by atoms with Crippen molar-refractivity contribution in [1.82, 2.24) is 19.7 Å². The molecule has 0 fully saturated rings. The maximum absolute atomic E-state index is 12.8. The highest BCUT2D eigenvalue weighted by Crippen LogP contribution is 2.44. The summed E-state index contributed by atoms with van der Waals surface area (Å²) in [5, 5.41) is 22.6. The predicted molar refractivity (Wildman–Crippen MR) is 137 cm³/mol. The summed E-state index contributed by atoms with van der Waals surface area (Å²) in [6, 6.07) is 7.94. The lowest BCUT2D eigenvalue weighted by atomic mass is 9.72. The molecule has 176 valence electrons. The van der Waals surface area contributed by atoms with E-state index in [2.05, 4.69) is 53.9 Å². The number of aromatic nitrogens is 4. The van der Waals surface area contributed by atoms with Crippen molar-refractivity contribution in [2.75, 3.05) is 11.1 Å². The fourth-order valence-electron chi connectivity index (χ4n) is 4.20. The zero-order chi connectivity index (χ0) is 24.3. The van der Waals surface area contributed by atoms with Crippen LogP contribution in [0, 0.1) is 22.7 Å². The quantitative estimate of drug-likeness (QED) is 0.353. The molecule has 0 aliphatic heterocycles. The third kappa shape index (κ3) is 5.08. The van der Waals surface area contributed by atoms with E-state index < -0.39 is 0 Å². The number of hydrogen-bond acceptors (Lipinski definition) is 7. The minimum absolute atomic E-state index is 0.162. The molecule has 1 unspecified atom stereocenters. The van der Waals surface area contributed by atoms with Gasteiger partial charge in [-0.2, -0.15) is 5.26 Å². The van der Waals surface area contributed by atoms with Gasteiger partial charge in [0.1, 0.15) is 16.8 Å². The molecule has 0 aromatic carbocycles. The average Bonchev–Trinajstić information content (AvgIpc) is 3.37. The lowest BCUT2D eigenvalue weighted by Gasteiger charge is -2.33. The molecule has 7 nitrogen and oxygen atoms in total. The second kappa shape index (κ2) is 10.1. The van der Waals surface area contributed by atoms with Crippen LogP contribution in [0.15, 0.2) is 42.2 Å². The topological polar surface area (TPSA) is 96.5 Å². The average molecular weight is 493 g/mol. The van der Waals surface area contributed by atoms with Gasteiger partial charge < -0.3 is 5.32 Å². The molecule has 1 atom stereocenters. The first-order valence-electron chi connectivity index (χ1n) is 11.2. The van der Waals surface area contributed by atoms with E-state index in [0.29, 0.717) is 39.7 Å². The summed E-state index contributed by atoms with van der Waals surface area (Å²) in [7, 11) is 0.